The van der Waals surface area contributed by atoms with Crippen LogP contribution in [-0.4, -0.2) is 33.6 Å². The summed E-state index contributed by atoms with van der Waals surface area (Å²) < 4.78 is 14.2. The van der Waals surface area contributed by atoms with E-state index in [0.717, 1.165) is 43.0 Å². The van der Waals surface area contributed by atoms with E-state index in [2.05, 4.69) is 9.97 Å². The minimum atomic E-state index is -0.411. The fourth-order valence-corrected chi connectivity index (χ4v) is 5.33. The Bertz CT molecular complexity index is 2160. The van der Waals surface area contributed by atoms with Crippen LogP contribution in [0.5, 0.6) is 0 Å². The van der Waals surface area contributed by atoms with E-state index in [-0.39, 0.29) is 17.6 Å². The van der Waals surface area contributed by atoms with Crippen LogP contribution in [0, 0.1) is 5.82 Å². The van der Waals surface area contributed by atoms with Gasteiger partial charge in [0.25, 0.3) is 23.6 Å². The summed E-state index contributed by atoms with van der Waals surface area (Å²) in [6.45, 7) is 0. The number of hydrogen-bond donors (Lipinski definition) is 1. The molecule has 8 rings (SSSR count). The molecular formula is C35H21FN4O4. The SMILES string of the molecule is O=C1C=CC(=O)N1c1ccc(-c2nc3ccccc3[nH]2)cc1.O=C1C=CC(=O)N1c1ccc(F)c2cc3ccccc3cc12. The number of hydrogen-bond acceptors (Lipinski definition) is 5. The van der Waals surface area contributed by atoms with Gasteiger partial charge in [-0.05, 0) is 71.4 Å². The number of imide groups is 2. The van der Waals surface area contributed by atoms with Crippen molar-refractivity contribution in [3.8, 4) is 11.4 Å². The van der Waals surface area contributed by atoms with Gasteiger partial charge < -0.3 is 4.98 Å². The third-order valence-corrected chi connectivity index (χ3v) is 7.45. The monoisotopic (exact) mass is 580 g/mol. The number of carbonyl (C=O) groups is 4. The number of para-hydroxylation sites is 2. The highest BCUT2D eigenvalue weighted by atomic mass is 19.1. The Morgan fingerprint density at radius 2 is 1.16 bits per heavy atom. The molecule has 0 radical (unpaired) electrons. The van der Waals surface area contributed by atoms with Gasteiger partial charge in [-0.3, -0.25) is 19.2 Å². The lowest BCUT2D eigenvalue weighted by atomic mass is 10.0. The zero-order valence-electron chi connectivity index (χ0n) is 22.9. The second-order valence-corrected chi connectivity index (χ2v) is 10.2. The van der Waals surface area contributed by atoms with Crippen molar-refractivity contribution in [3.63, 3.8) is 0 Å². The molecule has 0 aliphatic carbocycles. The van der Waals surface area contributed by atoms with Crippen molar-refractivity contribution in [3.05, 3.63) is 127 Å². The van der Waals surface area contributed by atoms with E-state index in [9.17, 15) is 23.6 Å². The molecule has 212 valence electrons. The standard InChI is InChI=1S/C18H10FNO2.C17H11N3O2/c19-15-5-6-16(20-17(21)7-8-18(20)22)14-10-12-4-2-1-3-11(12)9-13(14)15;21-15-9-10-16(22)20(15)12-7-5-11(6-8-12)17-18-13-3-1-2-4-14(13)19-17/h1-10H;1-10H,(H,18,19). The quantitative estimate of drug-likeness (QED) is 0.198. The summed E-state index contributed by atoms with van der Waals surface area (Å²) in [5.74, 6) is -1.08. The molecule has 0 saturated heterocycles. The van der Waals surface area contributed by atoms with Crippen molar-refractivity contribution < 1.29 is 23.6 Å². The van der Waals surface area contributed by atoms with Crippen molar-refractivity contribution >= 4 is 67.6 Å². The molecule has 0 fully saturated rings. The lowest BCUT2D eigenvalue weighted by molar-refractivity contribution is -0.121. The van der Waals surface area contributed by atoms with Gasteiger partial charge in [-0.2, -0.15) is 0 Å². The number of nitrogens with one attached hydrogen (secondary N) is 1. The number of carbonyl (C=O) groups excluding carboxylic acids is 4. The fraction of sp³-hybridized carbons (Fsp3) is 0. The van der Waals surface area contributed by atoms with E-state index in [4.69, 9.17) is 0 Å². The third kappa shape index (κ3) is 4.62. The summed E-state index contributed by atoms with van der Waals surface area (Å²) in [7, 11) is 0. The van der Waals surface area contributed by atoms with Crippen LogP contribution in [0.25, 0.3) is 44.0 Å². The smallest absolute Gasteiger partial charge is 0.258 e. The molecule has 8 nitrogen and oxygen atoms in total. The number of aromatic nitrogens is 2. The lowest BCUT2D eigenvalue weighted by Gasteiger charge is -2.17. The Morgan fingerprint density at radius 1 is 0.591 bits per heavy atom. The highest BCUT2D eigenvalue weighted by Crippen LogP contribution is 2.34. The first-order chi connectivity index (χ1) is 21.4. The number of H-pyrrole nitrogens is 1. The molecule has 2 aliphatic heterocycles. The molecule has 0 unspecified atom stereocenters. The van der Waals surface area contributed by atoms with Crippen LogP contribution in [0.4, 0.5) is 15.8 Å². The molecule has 0 bridgehead atoms. The second kappa shape index (κ2) is 10.6. The first kappa shape index (κ1) is 26.7. The highest BCUT2D eigenvalue weighted by molar-refractivity contribution is 6.30. The van der Waals surface area contributed by atoms with Gasteiger partial charge in [-0.1, -0.05) is 36.4 Å². The summed E-state index contributed by atoms with van der Waals surface area (Å²) >= 11 is 0. The van der Waals surface area contributed by atoms with Crippen LogP contribution >= 0.6 is 0 Å². The van der Waals surface area contributed by atoms with Gasteiger partial charge in [0.1, 0.15) is 11.6 Å². The van der Waals surface area contributed by atoms with E-state index in [0.29, 0.717) is 22.1 Å². The number of amides is 4. The molecule has 5 aromatic carbocycles. The van der Waals surface area contributed by atoms with Gasteiger partial charge >= 0.3 is 0 Å². The third-order valence-electron chi connectivity index (χ3n) is 7.45. The number of fused-ring (bicyclic) bond motifs is 3. The van der Waals surface area contributed by atoms with E-state index >= 15 is 0 Å². The fourth-order valence-electron chi connectivity index (χ4n) is 5.33. The van der Waals surface area contributed by atoms with Gasteiger partial charge in [-0.25, -0.2) is 19.2 Å². The van der Waals surface area contributed by atoms with Crippen LogP contribution in [0.2, 0.25) is 0 Å². The van der Waals surface area contributed by atoms with E-state index < -0.39 is 11.8 Å². The molecule has 2 aliphatic rings. The lowest BCUT2D eigenvalue weighted by Crippen LogP contribution is -2.29. The Balaban J connectivity index is 0.000000142. The predicted octanol–water partition coefficient (Wildman–Crippen LogP) is 6.22. The molecule has 3 heterocycles. The van der Waals surface area contributed by atoms with Crippen molar-refractivity contribution in [2.24, 2.45) is 0 Å². The summed E-state index contributed by atoms with van der Waals surface area (Å²) in [5, 5.41) is 2.77. The molecule has 9 heteroatoms. The van der Waals surface area contributed by atoms with Crippen LogP contribution in [0.3, 0.4) is 0 Å². The van der Waals surface area contributed by atoms with Crippen LogP contribution < -0.4 is 9.80 Å². The molecule has 6 aromatic rings. The van der Waals surface area contributed by atoms with Crippen LogP contribution in [-0.2, 0) is 19.2 Å². The molecule has 1 N–H and O–H groups in total. The number of anilines is 2. The maximum absolute atomic E-state index is 14.2. The summed E-state index contributed by atoms with van der Waals surface area (Å²) in [6, 6.07) is 28.8. The van der Waals surface area contributed by atoms with Gasteiger partial charge in [0.15, 0.2) is 0 Å². The Kier molecular flexibility index (Phi) is 6.40. The maximum Gasteiger partial charge on any atom is 0.258 e. The van der Waals surface area contributed by atoms with Crippen LogP contribution in [0.15, 0.2) is 121 Å². The molecule has 4 amide bonds. The maximum atomic E-state index is 14.2. The molecular weight excluding hydrogens is 559 g/mol. The number of halogens is 1. The highest BCUT2D eigenvalue weighted by Gasteiger charge is 2.27. The Labute approximate surface area is 249 Å². The summed E-state index contributed by atoms with van der Waals surface area (Å²) in [4.78, 5) is 57.1. The minimum Gasteiger partial charge on any atom is -0.338 e. The molecule has 44 heavy (non-hydrogen) atoms. The van der Waals surface area contributed by atoms with Crippen LogP contribution in [0.1, 0.15) is 0 Å². The van der Waals surface area contributed by atoms with Crippen molar-refractivity contribution in [2.75, 3.05) is 9.80 Å². The largest absolute Gasteiger partial charge is 0.338 e. The number of benzene rings is 5. The average Bonchev–Trinajstić information content (AvgIpc) is 3.73. The molecule has 1 aromatic heterocycles. The second-order valence-electron chi connectivity index (χ2n) is 10.2. The predicted molar refractivity (Wildman–Crippen MR) is 166 cm³/mol. The molecule has 0 atom stereocenters. The summed E-state index contributed by atoms with van der Waals surface area (Å²) in [5.41, 5.74) is 3.72. The Hall–Kier alpha value is -6.22. The molecule has 0 spiro atoms. The zero-order chi connectivity index (χ0) is 30.4. The number of aromatic amines is 1. The van der Waals surface area contributed by atoms with Gasteiger partial charge in [-0.15, -0.1) is 0 Å². The normalized spacial score (nSPS) is 14.4. The Morgan fingerprint density at radius 3 is 1.80 bits per heavy atom. The van der Waals surface area contributed by atoms with E-state index in [1.807, 2.05) is 66.7 Å². The van der Waals surface area contributed by atoms with Gasteiger partial charge in [0.2, 0.25) is 0 Å². The topological polar surface area (TPSA) is 103 Å². The average molecular weight is 581 g/mol. The molecule has 0 saturated carbocycles. The van der Waals surface area contributed by atoms with Crippen molar-refractivity contribution in [2.45, 2.75) is 0 Å². The minimum absolute atomic E-state index is 0.318. The first-order valence-corrected chi connectivity index (χ1v) is 13.7. The van der Waals surface area contributed by atoms with Crippen molar-refractivity contribution in [1.82, 2.24) is 9.97 Å². The van der Waals surface area contributed by atoms with E-state index in [1.54, 1.807) is 18.2 Å². The first-order valence-electron chi connectivity index (χ1n) is 13.7. The van der Waals surface area contributed by atoms with Gasteiger partial charge in [0, 0.05) is 40.6 Å². The van der Waals surface area contributed by atoms with E-state index in [1.165, 1.54) is 36.4 Å². The van der Waals surface area contributed by atoms with Crippen molar-refractivity contribution in [1.29, 1.82) is 0 Å². The number of nitrogens with zero attached hydrogens (tertiary/aromatic N) is 3. The summed E-state index contributed by atoms with van der Waals surface area (Å²) in [6.07, 6.45) is 4.99. The van der Waals surface area contributed by atoms with Gasteiger partial charge in [0.05, 0.1) is 22.4 Å². The number of imidazole rings is 1. The number of rotatable bonds is 3. The zero-order valence-corrected chi connectivity index (χ0v) is 22.9.